The Morgan fingerprint density at radius 1 is 1.30 bits per heavy atom. The van der Waals surface area contributed by atoms with Crippen LogP contribution < -0.4 is 10.0 Å². The molecule has 1 aromatic rings. The Hall–Kier alpha value is -0.430. The highest BCUT2D eigenvalue weighted by Gasteiger charge is 2.20. The van der Waals surface area contributed by atoms with Crippen LogP contribution >= 0.6 is 11.3 Å². The first kappa shape index (κ1) is 15.9. The highest BCUT2D eigenvalue weighted by molar-refractivity contribution is 7.91. The van der Waals surface area contributed by atoms with Crippen LogP contribution in [-0.4, -0.2) is 21.5 Å². The maximum absolute atomic E-state index is 12.2. The van der Waals surface area contributed by atoms with Gasteiger partial charge in [0.25, 0.3) is 0 Å². The summed E-state index contributed by atoms with van der Waals surface area (Å²) in [5.74, 6) is 0.524. The van der Waals surface area contributed by atoms with Crippen molar-refractivity contribution in [2.24, 2.45) is 5.92 Å². The second-order valence-corrected chi connectivity index (χ2v) is 8.56. The van der Waals surface area contributed by atoms with Gasteiger partial charge in [-0.1, -0.05) is 19.8 Å². The summed E-state index contributed by atoms with van der Waals surface area (Å²) in [6.07, 6.45) is 5.86. The maximum atomic E-state index is 12.2. The Kier molecular flexibility index (Phi) is 6.01. The van der Waals surface area contributed by atoms with E-state index in [9.17, 15) is 8.42 Å². The second kappa shape index (κ2) is 7.54. The van der Waals surface area contributed by atoms with Gasteiger partial charge in [0.05, 0.1) is 0 Å². The van der Waals surface area contributed by atoms with Gasteiger partial charge in [-0.05, 0) is 43.9 Å². The van der Waals surface area contributed by atoms with Crippen LogP contribution in [0.4, 0.5) is 0 Å². The van der Waals surface area contributed by atoms with Crippen LogP contribution in [0, 0.1) is 5.92 Å². The van der Waals surface area contributed by atoms with E-state index in [0.29, 0.717) is 16.7 Å². The van der Waals surface area contributed by atoms with E-state index in [1.165, 1.54) is 24.2 Å². The van der Waals surface area contributed by atoms with Crippen LogP contribution in [0.25, 0.3) is 0 Å². The monoisotopic (exact) mass is 316 g/mol. The summed E-state index contributed by atoms with van der Waals surface area (Å²) in [6, 6.07) is 3.61. The smallest absolute Gasteiger partial charge is 0.250 e. The molecule has 2 rings (SSSR count). The minimum absolute atomic E-state index is 0.434. The Balaban J connectivity index is 1.88. The quantitative estimate of drug-likeness (QED) is 0.725. The fourth-order valence-corrected chi connectivity index (χ4v) is 4.99. The standard InChI is InChI=1S/C14H24N2O2S2/c1-2-9-15-11-13-7-8-14(19-13)20(17,18)16-10-12-5-3-4-6-12/h7-8,12,15-16H,2-6,9-11H2,1H3. The molecule has 2 N–H and O–H groups in total. The number of thiophene rings is 1. The van der Waals surface area contributed by atoms with E-state index < -0.39 is 10.0 Å². The fraction of sp³-hybridized carbons (Fsp3) is 0.714. The van der Waals surface area contributed by atoms with Gasteiger partial charge >= 0.3 is 0 Å². The second-order valence-electron chi connectivity index (χ2n) is 5.40. The molecule has 20 heavy (non-hydrogen) atoms. The molecular weight excluding hydrogens is 292 g/mol. The normalized spacial score (nSPS) is 16.9. The predicted octanol–water partition coefficient (Wildman–Crippen LogP) is 2.72. The minimum Gasteiger partial charge on any atom is -0.312 e. The van der Waals surface area contributed by atoms with Gasteiger partial charge in [-0.2, -0.15) is 0 Å². The summed E-state index contributed by atoms with van der Waals surface area (Å²) < 4.78 is 27.6. The molecular formula is C14H24N2O2S2. The third-order valence-electron chi connectivity index (χ3n) is 3.66. The zero-order valence-electron chi connectivity index (χ0n) is 12.0. The maximum Gasteiger partial charge on any atom is 0.250 e. The molecule has 0 aromatic carbocycles. The van der Waals surface area contributed by atoms with E-state index in [2.05, 4.69) is 17.0 Å². The molecule has 1 saturated carbocycles. The lowest BCUT2D eigenvalue weighted by Crippen LogP contribution is -2.27. The third-order valence-corrected chi connectivity index (χ3v) is 6.67. The number of nitrogens with one attached hydrogen (secondary N) is 2. The topological polar surface area (TPSA) is 58.2 Å². The Morgan fingerprint density at radius 3 is 2.75 bits per heavy atom. The molecule has 0 spiro atoms. The van der Waals surface area contributed by atoms with Gasteiger partial charge in [0.2, 0.25) is 10.0 Å². The number of hydrogen-bond acceptors (Lipinski definition) is 4. The lowest BCUT2D eigenvalue weighted by Gasteiger charge is -2.09. The van der Waals surface area contributed by atoms with E-state index in [-0.39, 0.29) is 0 Å². The first-order valence-electron chi connectivity index (χ1n) is 7.41. The Bertz CT molecular complexity index is 505. The molecule has 114 valence electrons. The Labute approximate surface area is 126 Å². The summed E-state index contributed by atoms with van der Waals surface area (Å²) in [5.41, 5.74) is 0. The molecule has 0 amide bonds. The average Bonchev–Trinajstić information content (AvgIpc) is 3.08. The largest absolute Gasteiger partial charge is 0.312 e. The SMILES string of the molecule is CCCNCc1ccc(S(=O)(=O)NCC2CCCC2)s1. The zero-order valence-corrected chi connectivity index (χ0v) is 13.7. The molecule has 1 fully saturated rings. The van der Waals surface area contributed by atoms with Crippen molar-refractivity contribution in [3.8, 4) is 0 Å². The van der Waals surface area contributed by atoms with Crippen molar-refractivity contribution in [1.29, 1.82) is 0 Å². The molecule has 0 atom stereocenters. The first-order chi connectivity index (χ1) is 9.62. The highest BCUT2D eigenvalue weighted by Crippen LogP contribution is 2.25. The van der Waals surface area contributed by atoms with Gasteiger partial charge in [0, 0.05) is 18.0 Å². The van der Waals surface area contributed by atoms with Crippen LogP contribution in [0.2, 0.25) is 0 Å². The van der Waals surface area contributed by atoms with Crippen LogP contribution in [0.3, 0.4) is 0 Å². The molecule has 4 nitrogen and oxygen atoms in total. The highest BCUT2D eigenvalue weighted by atomic mass is 32.2. The van der Waals surface area contributed by atoms with Crippen molar-refractivity contribution in [3.63, 3.8) is 0 Å². The first-order valence-corrected chi connectivity index (χ1v) is 9.71. The van der Waals surface area contributed by atoms with Crippen molar-refractivity contribution in [1.82, 2.24) is 10.0 Å². The van der Waals surface area contributed by atoms with Crippen molar-refractivity contribution in [2.75, 3.05) is 13.1 Å². The van der Waals surface area contributed by atoms with Crippen LogP contribution in [0.15, 0.2) is 16.3 Å². The summed E-state index contributed by atoms with van der Waals surface area (Å²) in [6.45, 7) is 4.41. The van der Waals surface area contributed by atoms with E-state index in [4.69, 9.17) is 0 Å². The van der Waals surface area contributed by atoms with E-state index in [1.807, 2.05) is 6.07 Å². The molecule has 1 aliphatic rings. The molecule has 0 unspecified atom stereocenters. The van der Waals surface area contributed by atoms with Crippen LogP contribution in [0.5, 0.6) is 0 Å². The molecule has 0 bridgehead atoms. The zero-order chi connectivity index (χ0) is 14.4. The fourth-order valence-electron chi connectivity index (χ4n) is 2.50. The van der Waals surface area contributed by atoms with Crippen molar-refractivity contribution in [3.05, 3.63) is 17.0 Å². The van der Waals surface area contributed by atoms with Gasteiger partial charge in [-0.25, -0.2) is 13.1 Å². The van der Waals surface area contributed by atoms with Crippen molar-refractivity contribution >= 4 is 21.4 Å². The summed E-state index contributed by atoms with van der Waals surface area (Å²) >= 11 is 1.36. The molecule has 0 radical (unpaired) electrons. The van der Waals surface area contributed by atoms with E-state index in [0.717, 1.165) is 37.2 Å². The van der Waals surface area contributed by atoms with Crippen LogP contribution in [-0.2, 0) is 16.6 Å². The Morgan fingerprint density at radius 2 is 2.05 bits per heavy atom. The summed E-state index contributed by atoms with van der Waals surface area (Å²) in [5, 5.41) is 3.29. The molecule has 1 aliphatic carbocycles. The average molecular weight is 316 g/mol. The van der Waals surface area contributed by atoms with Gasteiger partial charge in [-0.3, -0.25) is 0 Å². The summed E-state index contributed by atoms with van der Waals surface area (Å²) in [4.78, 5) is 1.07. The van der Waals surface area contributed by atoms with Crippen molar-refractivity contribution < 1.29 is 8.42 Å². The van der Waals surface area contributed by atoms with Gasteiger partial charge in [-0.15, -0.1) is 11.3 Å². The number of hydrogen-bond donors (Lipinski definition) is 2. The molecule has 1 heterocycles. The van der Waals surface area contributed by atoms with Crippen molar-refractivity contribution in [2.45, 2.75) is 49.8 Å². The van der Waals surface area contributed by atoms with E-state index in [1.54, 1.807) is 6.07 Å². The molecule has 0 saturated heterocycles. The lowest BCUT2D eigenvalue weighted by molar-refractivity contribution is 0.520. The van der Waals surface area contributed by atoms with Crippen LogP contribution in [0.1, 0.15) is 43.9 Å². The molecule has 1 aromatic heterocycles. The summed E-state index contributed by atoms with van der Waals surface area (Å²) in [7, 11) is -3.32. The van der Waals surface area contributed by atoms with Gasteiger partial charge in [0.1, 0.15) is 4.21 Å². The lowest BCUT2D eigenvalue weighted by atomic mass is 10.1. The molecule has 6 heteroatoms. The minimum atomic E-state index is -3.32. The van der Waals surface area contributed by atoms with Gasteiger partial charge in [0.15, 0.2) is 0 Å². The third kappa shape index (κ3) is 4.55. The number of sulfonamides is 1. The van der Waals surface area contributed by atoms with Gasteiger partial charge < -0.3 is 5.32 Å². The molecule has 0 aliphatic heterocycles. The number of rotatable bonds is 8. The predicted molar refractivity (Wildman–Crippen MR) is 83.5 cm³/mol. The van der Waals surface area contributed by atoms with E-state index >= 15 is 0 Å².